The summed E-state index contributed by atoms with van der Waals surface area (Å²) in [5.74, 6) is -0.0438. The number of nitrogens with zero attached hydrogens (tertiary/aromatic N) is 1. The lowest BCUT2D eigenvalue weighted by Crippen LogP contribution is -2.25. The van der Waals surface area contributed by atoms with Crippen LogP contribution in [0.4, 0.5) is 0 Å². The van der Waals surface area contributed by atoms with Crippen LogP contribution in [-0.2, 0) is 0 Å². The van der Waals surface area contributed by atoms with E-state index < -0.39 is 0 Å². The van der Waals surface area contributed by atoms with Crippen molar-refractivity contribution >= 4 is 27.5 Å². The van der Waals surface area contributed by atoms with Gasteiger partial charge in [-0.05, 0) is 49.2 Å². The average molecular weight is 310 g/mol. The number of rotatable bonds is 3. The van der Waals surface area contributed by atoms with Gasteiger partial charge in [0.15, 0.2) is 0 Å². The fourth-order valence-corrected chi connectivity index (χ4v) is 3.38. The number of aromatic nitrogens is 1. The summed E-state index contributed by atoms with van der Waals surface area (Å²) in [6.07, 6.45) is 2.14. The lowest BCUT2D eigenvalue weighted by molar-refractivity contribution is 0.0951. The zero-order chi connectivity index (χ0) is 15.1. The molecule has 4 nitrogen and oxygen atoms in total. The number of carbonyl (C=O) groups excluding carboxylic acids is 1. The van der Waals surface area contributed by atoms with Crippen molar-refractivity contribution in [2.45, 2.75) is 18.9 Å². The zero-order valence-electron chi connectivity index (χ0n) is 11.8. The predicted octanol–water partition coefficient (Wildman–Crippen LogP) is 2.94. The third-order valence-electron chi connectivity index (χ3n) is 3.77. The fraction of sp³-hybridized carbons (Fsp3) is 0.176. The Hall–Kier alpha value is -2.40. The summed E-state index contributed by atoms with van der Waals surface area (Å²) in [5.41, 5.74) is 1.40. The third-order valence-corrected chi connectivity index (χ3v) is 4.88. The van der Waals surface area contributed by atoms with E-state index in [4.69, 9.17) is 0 Å². The highest BCUT2D eigenvalue weighted by Gasteiger charge is 2.23. The number of carbonyl (C=O) groups is 1. The van der Waals surface area contributed by atoms with E-state index in [9.17, 15) is 9.59 Å². The molecular formula is C17H14N2O2S. The Balaban J connectivity index is 1.68. The minimum Gasteiger partial charge on any atom is -0.349 e. The van der Waals surface area contributed by atoms with E-state index in [-0.39, 0.29) is 11.5 Å². The summed E-state index contributed by atoms with van der Waals surface area (Å²) in [6, 6.07) is 15.1. The smallest absolute Gasteiger partial charge is 0.273 e. The summed E-state index contributed by atoms with van der Waals surface area (Å²) in [6.45, 7) is 0. The molecule has 5 heteroatoms. The van der Waals surface area contributed by atoms with Gasteiger partial charge in [-0.1, -0.05) is 23.7 Å². The maximum atomic E-state index is 12.4. The molecular weight excluding hydrogens is 296 g/mol. The van der Waals surface area contributed by atoms with E-state index >= 15 is 0 Å². The molecule has 3 aromatic rings. The number of hydrogen-bond acceptors (Lipinski definition) is 3. The molecule has 0 aliphatic heterocycles. The summed E-state index contributed by atoms with van der Waals surface area (Å²) in [5, 5.41) is 3.68. The molecule has 0 bridgehead atoms. The van der Waals surface area contributed by atoms with Gasteiger partial charge >= 0.3 is 0 Å². The molecule has 2 aromatic carbocycles. The predicted molar refractivity (Wildman–Crippen MR) is 87.9 cm³/mol. The van der Waals surface area contributed by atoms with Crippen LogP contribution in [0.15, 0.2) is 53.3 Å². The minimum absolute atomic E-state index is 0.0178. The first-order chi connectivity index (χ1) is 10.7. The Morgan fingerprint density at radius 1 is 1.09 bits per heavy atom. The standard InChI is InChI=1S/C17H14N2O2S/c20-16(18-12-7-8-12)11-5-9-13(10-6-11)19-17(21)14-3-1-2-4-15(14)22-19/h1-6,9-10,12H,7-8H2,(H,18,20). The van der Waals surface area contributed by atoms with Crippen LogP contribution in [0.25, 0.3) is 15.8 Å². The second-order valence-corrected chi connectivity index (χ2v) is 6.47. The zero-order valence-corrected chi connectivity index (χ0v) is 12.6. The van der Waals surface area contributed by atoms with Crippen molar-refractivity contribution in [2.75, 3.05) is 0 Å². The van der Waals surface area contributed by atoms with Crippen molar-refractivity contribution in [2.24, 2.45) is 0 Å². The molecule has 0 unspecified atom stereocenters. The summed E-state index contributed by atoms with van der Waals surface area (Å²) < 4.78 is 2.62. The Bertz CT molecular complexity index is 904. The lowest BCUT2D eigenvalue weighted by Gasteiger charge is -2.04. The first-order valence-corrected chi connectivity index (χ1v) is 8.02. The number of nitrogens with one attached hydrogen (secondary N) is 1. The summed E-state index contributed by atoms with van der Waals surface area (Å²) in [7, 11) is 0. The van der Waals surface area contributed by atoms with E-state index in [1.165, 1.54) is 11.5 Å². The van der Waals surface area contributed by atoms with Gasteiger partial charge in [0, 0.05) is 11.6 Å². The Kier molecular flexibility index (Phi) is 3.08. The molecule has 4 rings (SSSR count). The highest BCUT2D eigenvalue weighted by molar-refractivity contribution is 7.14. The van der Waals surface area contributed by atoms with Gasteiger partial charge < -0.3 is 5.32 Å². The molecule has 1 saturated carbocycles. The lowest BCUT2D eigenvalue weighted by atomic mass is 10.2. The maximum Gasteiger partial charge on any atom is 0.273 e. The molecule has 22 heavy (non-hydrogen) atoms. The van der Waals surface area contributed by atoms with Gasteiger partial charge in [-0.2, -0.15) is 0 Å². The van der Waals surface area contributed by atoms with Crippen LogP contribution < -0.4 is 10.9 Å². The van der Waals surface area contributed by atoms with Gasteiger partial charge in [0.25, 0.3) is 11.5 Å². The fourth-order valence-electron chi connectivity index (χ4n) is 2.39. The van der Waals surface area contributed by atoms with Gasteiger partial charge in [0.1, 0.15) is 0 Å². The van der Waals surface area contributed by atoms with Gasteiger partial charge in [0.2, 0.25) is 0 Å². The largest absolute Gasteiger partial charge is 0.349 e. The van der Waals surface area contributed by atoms with Crippen LogP contribution in [0.1, 0.15) is 23.2 Å². The third kappa shape index (κ3) is 2.33. The van der Waals surface area contributed by atoms with E-state index in [0.717, 1.165) is 28.6 Å². The Labute approximate surface area is 131 Å². The van der Waals surface area contributed by atoms with Crippen molar-refractivity contribution in [1.29, 1.82) is 0 Å². The normalized spacial score (nSPS) is 14.2. The molecule has 110 valence electrons. The van der Waals surface area contributed by atoms with Crippen molar-refractivity contribution in [1.82, 2.24) is 9.27 Å². The summed E-state index contributed by atoms with van der Waals surface area (Å²) in [4.78, 5) is 24.4. The number of hydrogen-bond donors (Lipinski definition) is 1. The van der Waals surface area contributed by atoms with Crippen LogP contribution >= 0.6 is 11.5 Å². The van der Waals surface area contributed by atoms with Crippen LogP contribution in [0.3, 0.4) is 0 Å². The number of amides is 1. The van der Waals surface area contributed by atoms with Crippen molar-refractivity contribution in [3.63, 3.8) is 0 Å². The molecule has 1 fully saturated rings. The van der Waals surface area contributed by atoms with Gasteiger partial charge in [-0.3, -0.25) is 9.59 Å². The highest BCUT2D eigenvalue weighted by Crippen LogP contribution is 2.21. The molecule has 1 aliphatic carbocycles. The molecule has 1 aliphatic rings. The second kappa shape index (κ2) is 5.10. The molecule has 1 amide bonds. The topological polar surface area (TPSA) is 51.1 Å². The van der Waals surface area contributed by atoms with Crippen molar-refractivity contribution < 1.29 is 4.79 Å². The molecule has 0 radical (unpaired) electrons. The van der Waals surface area contributed by atoms with Gasteiger partial charge in [-0.15, -0.1) is 0 Å². The van der Waals surface area contributed by atoms with E-state index in [1.807, 2.05) is 36.4 Å². The molecule has 1 heterocycles. The van der Waals surface area contributed by atoms with E-state index in [2.05, 4.69) is 5.32 Å². The monoisotopic (exact) mass is 310 g/mol. The molecule has 0 atom stereocenters. The maximum absolute atomic E-state index is 12.4. The van der Waals surface area contributed by atoms with Crippen LogP contribution in [0.5, 0.6) is 0 Å². The highest BCUT2D eigenvalue weighted by atomic mass is 32.1. The second-order valence-electron chi connectivity index (χ2n) is 5.48. The van der Waals surface area contributed by atoms with E-state index in [0.29, 0.717) is 11.6 Å². The van der Waals surface area contributed by atoms with Crippen LogP contribution in [0.2, 0.25) is 0 Å². The Morgan fingerprint density at radius 2 is 1.82 bits per heavy atom. The number of fused-ring (bicyclic) bond motifs is 1. The summed E-state index contributed by atoms with van der Waals surface area (Å²) >= 11 is 1.42. The molecule has 0 saturated heterocycles. The Morgan fingerprint density at radius 3 is 2.50 bits per heavy atom. The molecule has 1 N–H and O–H groups in total. The van der Waals surface area contributed by atoms with Crippen LogP contribution in [-0.4, -0.2) is 15.9 Å². The average Bonchev–Trinajstić information content (AvgIpc) is 3.30. The quantitative estimate of drug-likeness (QED) is 0.808. The van der Waals surface area contributed by atoms with Crippen molar-refractivity contribution in [3.8, 4) is 5.69 Å². The first kappa shape index (κ1) is 13.3. The molecule has 1 aromatic heterocycles. The van der Waals surface area contributed by atoms with E-state index in [1.54, 1.807) is 16.1 Å². The SMILES string of the molecule is O=C(NC1CC1)c1ccc(-n2sc3ccccc3c2=O)cc1. The number of benzene rings is 2. The minimum atomic E-state index is -0.0438. The molecule has 0 spiro atoms. The van der Waals surface area contributed by atoms with Gasteiger partial charge in [-0.25, -0.2) is 3.96 Å². The van der Waals surface area contributed by atoms with Crippen molar-refractivity contribution in [3.05, 3.63) is 64.4 Å². The van der Waals surface area contributed by atoms with Crippen LogP contribution in [0, 0.1) is 0 Å². The first-order valence-electron chi connectivity index (χ1n) is 7.25. The van der Waals surface area contributed by atoms with Gasteiger partial charge in [0.05, 0.1) is 15.8 Å².